The fraction of sp³-hybridized carbons (Fsp3) is 0.625. The van der Waals surface area contributed by atoms with Crippen LogP contribution in [0, 0.1) is 0 Å². The van der Waals surface area contributed by atoms with Crippen molar-refractivity contribution in [3.63, 3.8) is 0 Å². The van der Waals surface area contributed by atoms with E-state index in [1.165, 1.54) is 0 Å². The molecule has 0 amide bonds. The summed E-state index contributed by atoms with van der Waals surface area (Å²) < 4.78 is 4.76. The maximum absolute atomic E-state index is 11.2. The SMILES string of the molecule is CCOC(=O)n1nc2c(n1)CCC2. The number of rotatable bonds is 1. The number of fused-ring (bicyclic) bond motifs is 1. The highest BCUT2D eigenvalue weighted by Gasteiger charge is 2.19. The molecule has 0 bridgehead atoms. The van der Waals surface area contributed by atoms with Gasteiger partial charge in [-0.1, -0.05) is 4.80 Å². The first-order valence-corrected chi connectivity index (χ1v) is 4.43. The number of hydrogen-bond acceptors (Lipinski definition) is 4. The first-order valence-electron chi connectivity index (χ1n) is 4.43. The predicted octanol–water partition coefficient (Wildman–Crippen LogP) is 0.771. The second kappa shape index (κ2) is 3.16. The van der Waals surface area contributed by atoms with E-state index in [1.54, 1.807) is 6.92 Å². The van der Waals surface area contributed by atoms with Gasteiger partial charge in [0, 0.05) is 0 Å². The zero-order chi connectivity index (χ0) is 9.26. The van der Waals surface area contributed by atoms with E-state index in [0.29, 0.717) is 6.61 Å². The van der Waals surface area contributed by atoms with Crippen LogP contribution < -0.4 is 0 Å². The van der Waals surface area contributed by atoms with E-state index in [2.05, 4.69) is 10.2 Å². The zero-order valence-electron chi connectivity index (χ0n) is 7.49. The molecule has 1 aromatic rings. The summed E-state index contributed by atoms with van der Waals surface area (Å²) in [6, 6.07) is 0. The number of carbonyl (C=O) groups is 1. The Kier molecular flexibility index (Phi) is 2.00. The lowest BCUT2D eigenvalue weighted by Crippen LogP contribution is -2.17. The third-order valence-electron chi connectivity index (χ3n) is 2.02. The molecule has 2 rings (SSSR count). The van der Waals surface area contributed by atoms with Crippen LogP contribution in [0.1, 0.15) is 24.7 Å². The van der Waals surface area contributed by atoms with Gasteiger partial charge in [0.2, 0.25) is 0 Å². The fourth-order valence-corrected chi connectivity index (χ4v) is 1.44. The van der Waals surface area contributed by atoms with Gasteiger partial charge in [-0.15, -0.1) is 10.2 Å². The number of aromatic nitrogens is 3. The summed E-state index contributed by atoms with van der Waals surface area (Å²) in [6.45, 7) is 2.11. The third-order valence-corrected chi connectivity index (χ3v) is 2.02. The summed E-state index contributed by atoms with van der Waals surface area (Å²) in [6.07, 6.45) is 2.45. The number of aryl methyl sites for hydroxylation is 2. The zero-order valence-corrected chi connectivity index (χ0v) is 7.49. The molecule has 0 aliphatic heterocycles. The van der Waals surface area contributed by atoms with Gasteiger partial charge in [0.1, 0.15) is 0 Å². The van der Waals surface area contributed by atoms with E-state index >= 15 is 0 Å². The van der Waals surface area contributed by atoms with Crippen molar-refractivity contribution in [1.29, 1.82) is 0 Å². The van der Waals surface area contributed by atoms with Gasteiger partial charge in [0.05, 0.1) is 18.0 Å². The predicted molar refractivity (Wildman–Crippen MR) is 44.5 cm³/mol. The Morgan fingerprint density at radius 1 is 1.46 bits per heavy atom. The van der Waals surface area contributed by atoms with Crippen LogP contribution in [0.3, 0.4) is 0 Å². The standard InChI is InChI=1S/C8H11N3O2/c1-2-13-8(12)11-9-6-4-3-5-7(6)10-11/h2-5H2,1H3. The molecule has 0 atom stereocenters. The van der Waals surface area contributed by atoms with E-state index in [1.807, 2.05) is 0 Å². The van der Waals surface area contributed by atoms with Crippen molar-refractivity contribution < 1.29 is 9.53 Å². The maximum atomic E-state index is 11.2. The first kappa shape index (κ1) is 8.22. The summed E-state index contributed by atoms with van der Waals surface area (Å²) >= 11 is 0. The highest BCUT2D eigenvalue weighted by molar-refractivity contribution is 5.68. The van der Waals surface area contributed by atoms with E-state index < -0.39 is 6.09 Å². The molecule has 0 N–H and O–H groups in total. The summed E-state index contributed by atoms with van der Waals surface area (Å²) in [5, 5.41) is 8.08. The van der Waals surface area contributed by atoms with Gasteiger partial charge in [-0.3, -0.25) is 0 Å². The molecular formula is C8H11N3O2. The van der Waals surface area contributed by atoms with Crippen LogP contribution in [0.4, 0.5) is 4.79 Å². The number of carbonyl (C=O) groups excluding carboxylic acids is 1. The fourth-order valence-electron chi connectivity index (χ4n) is 1.44. The molecule has 1 heterocycles. The average molecular weight is 181 g/mol. The van der Waals surface area contributed by atoms with E-state index in [-0.39, 0.29) is 0 Å². The molecule has 0 radical (unpaired) electrons. The Hall–Kier alpha value is -1.39. The molecular weight excluding hydrogens is 170 g/mol. The molecule has 0 fully saturated rings. The van der Waals surface area contributed by atoms with Crippen molar-refractivity contribution in [3.05, 3.63) is 11.4 Å². The third kappa shape index (κ3) is 1.41. The van der Waals surface area contributed by atoms with Gasteiger partial charge in [-0.05, 0) is 26.2 Å². The second-order valence-corrected chi connectivity index (χ2v) is 2.94. The molecule has 5 nitrogen and oxygen atoms in total. The molecule has 70 valence electrons. The van der Waals surface area contributed by atoms with Crippen molar-refractivity contribution in [1.82, 2.24) is 15.0 Å². The van der Waals surface area contributed by atoms with Crippen LogP contribution >= 0.6 is 0 Å². The Morgan fingerprint density at radius 3 is 2.62 bits per heavy atom. The number of ether oxygens (including phenoxy) is 1. The lowest BCUT2D eigenvalue weighted by atomic mass is 10.4. The topological polar surface area (TPSA) is 57.0 Å². The van der Waals surface area contributed by atoms with E-state index in [9.17, 15) is 4.79 Å². The summed E-state index contributed by atoms with van der Waals surface area (Å²) in [4.78, 5) is 12.2. The Bertz CT molecular complexity index is 311. The highest BCUT2D eigenvalue weighted by atomic mass is 16.6. The lowest BCUT2D eigenvalue weighted by molar-refractivity contribution is 0.146. The second-order valence-electron chi connectivity index (χ2n) is 2.94. The molecule has 0 saturated carbocycles. The van der Waals surface area contributed by atoms with Crippen LogP contribution in [0.15, 0.2) is 0 Å². The minimum Gasteiger partial charge on any atom is -0.447 e. The van der Waals surface area contributed by atoms with Crippen LogP contribution in [-0.2, 0) is 17.6 Å². The molecule has 0 saturated heterocycles. The van der Waals surface area contributed by atoms with Gasteiger partial charge < -0.3 is 4.74 Å². The normalized spacial score (nSPS) is 14.2. The highest BCUT2D eigenvalue weighted by Crippen LogP contribution is 2.16. The Balaban J connectivity index is 2.18. The monoisotopic (exact) mass is 181 g/mol. The summed E-state index contributed by atoms with van der Waals surface area (Å²) in [5.74, 6) is 0. The van der Waals surface area contributed by atoms with E-state index in [0.717, 1.165) is 35.4 Å². The molecule has 5 heteroatoms. The molecule has 1 aliphatic carbocycles. The van der Waals surface area contributed by atoms with Gasteiger partial charge in [-0.2, -0.15) is 0 Å². The minimum absolute atomic E-state index is 0.352. The molecule has 0 unspecified atom stereocenters. The van der Waals surface area contributed by atoms with Gasteiger partial charge in [-0.25, -0.2) is 4.79 Å². The van der Waals surface area contributed by atoms with Gasteiger partial charge in [0.15, 0.2) is 0 Å². The van der Waals surface area contributed by atoms with Crippen molar-refractivity contribution in [2.24, 2.45) is 0 Å². The van der Waals surface area contributed by atoms with Crippen LogP contribution in [-0.4, -0.2) is 27.7 Å². The smallest absolute Gasteiger partial charge is 0.447 e. The van der Waals surface area contributed by atoms with Gasteiger partial charge in [0.25, 0.3) is 0 Å². The molecule has 1 aliphatic rings. The molecule has 13 heavy (non-hydrogen) atoms. The molecule has 1 aromatic heterocycles. The maximum Gasteiger partial charge on any atom is 0.452 e. The van der Waals surface area contributed by atoms with Crippen molar-refractivity contribution >= 4 is 6.09 Å². The molecule has 0 aromatic carbocycles. The molecule has 0 spiro atoms. The van der Waals surface area contributed by atoms with Crippen molar-refractivity contribution in [2.75, 3.05) is 6.61 Å². The Morgan fingerprint density at radius 2 is 2.08 bits per heavy atom. The first-order chi connectivity index (χ1) is 6.31. The van der Waals surface area contributed by atoms with Crippen LogP contribution in [0.5, 0.6) is 0 Å². The largest absolute Gasteiger partial charge is 0.452 e. The van der Waals surface area contributed by atoms with Gasteiger partial charge >= 0.3 is 6.09 Å². The Labute approximate surface area is 75.7 Å². The van der Waals surface area contributed by atoms with Crippen molar-refractivity contribution in [3.8, 4) is 0 Å². The van der Waals surface area contributed by atoms with Crippen LogP contribution in [0.2, 0.25) is 0 Å². The van der Waals surface area contributed by atoms with Crippen LogP contribution in [0.25, 0.3) is 0 Å². The average Bonchev–Trinajstić information content (AvgIpc) is 2.61. The van der Waals surface area contributed by atoms with E-state index in [4.69, 9.17) is 4.74 Å². The minimum atomic E-state index is -0.489. The number of nitrogens with zero attached hydrogens (tertiary/aromatic N) is 3. The lowest BCUT2D eigenvalue weighted by Gasteiger charge is -1.98. The summed E-state index contributed by atoms with van der Waals surface area (Å²) in [7, 11) is 0. The summed E-state index contributed by atoms with van der Waals surface area (Å²) in [5.41, 5.74) is 1.88. The number of hydrogen-bond donors (Lipinski definition) is 0. The van der Waals surface area contributed by atoms with Crippen molar-refractivity contribution in [2.45, 2.75) is 26.2 Å². The quantitative estimate of drug-likeness (QED) is 0.642.